The summed E-state index contributed by atoms with van der Waals surface area (Å²) in [6.07, 6.45) is 4.11. The molecule has 0 saturated carbocycles. The van der Waals surface area contributed by atoms with Crippen molar-refractivity contribution in [2.45, 2.75) is 43.4 Å². The summed E-state index contributed by atoms with van der Waals surface area (Å²) in [6, 6.07) is 7.17. The van der Waals surface area contributed by atoms with E-state index in [1.807, 2.05) is 28.8 Å². The van der Waals surface area contributed by atoms with Gasteiger partial charge in [-0.05, 0) is 56.6 Å². The van der Waals surface area contributed by atoms with Crippen LogP contribution in [0.1, 0.15) is 31.5 Å². The summed E-state index contributed by atoms with van der Waals surface area (Å²) in [5, 5.41) is 12.9. The van der Waals surface area contributed by atoms with Gasteiger partial charge < -0.3 is 5.32 Å². The topological polar surface area (TPSA) is 97.2 Å². The molecule has 168 valence electrons. The minimum absolute atomic E-state index is 0.0182. The van der Waals surface area contributed by atoms with Crippen molar-refractivity contribution in [2.24, 2.45) is 0 Å². The van der Waals surface area contributed by atoms with Gasteiger partial charge in [0, 0.05) is 16.8 Å². The lowest BCUT2D eigenvalue weighted by atomic mass is 10.1. The molecule has 1 N–H and O–H groups in total. The van der Waals surface area contributed by atoms with Crippen LogP contribution in [0.2, 0.25) is 5.02 Å². The van der Waals surface area contributed by atoms with E-state index in [4.69, 9.17) is 11.6 Å². The summed E-state index contributed by atoms with van der Waals surface area (Å²) in [4.78, 5) is 14.8. The van der Waals surface area contributed by atoms with Gasteiger partial charge in [-0.25, -0.2) is 8.42 Å². The number of carbonyl (C=O) groups is 1. The van der Waals surface area contributed by atoms with E-state index in [9.17, 15) is 13.2 Å². The molecule has 0 radical (unpaired) electrons. The maximum Gasteiger partial charge on any atom is 0.230 e. The Morgan fingerprint density at radius 3 is 2.58 bits per heavy atom. The zero-order valence-electron chi connectivity index (χ0n) is 17.2. The molecule has 2 aromatic rings. The van der Waals surface area contributed by atoms with Crippen LogP contribution in [0.15, 0.2) is 29.4 Å². The number of hydrogen-bond donors (Lipinski definition) is 1. The third-order valence-corrected chi connectivity index (χ3v) is 8.48. The molecule has 1 aromatic carbocycles. The SMILES string of the molecule is O=C(CSc1nnc(CN2CCCCC2)n1-c1ccc(Cl)cc1)NC1CCS(=O)(=O)C1. The van der Waals surface area contributed by atoms with Gasteiger partial charge in [0.25, 0.3) is 0 Å². The van der Waals surface area contributed by atoms with Crippen molar-refractivity contribution < 1.29 is 13.2 Å². The minimum atomic E-state index is -3.03. The quantitative estimate of drug-likeness (QED) is 0.603. The number of hydrogen-bond acceptors (Lipinski definition) is 7. The molecule has 11 heteroatoms. The lowest BCUT2D eigenvalue weighted by Gasteiger charge is -2.26. The van der Waals surface area contributed by atoms with Crippen LogP contribution in [0.25, 0.3) is 5.69 Å². The first kappa shape index (κ1) is 22.6. The van der Waals surface area contributed by atoms with Gasteiger partial charge in [0.2, 0.25) is 5.91 Å². The molecule has 2 saturated heterocycles. The van der Waals surface area contributed by atoms with E-state index in [2.05, 4.69) is 20.4 Å². The van der Waals surface area contributed by atoms with Gasteiger partial charge in [0.05, 0.1) is 23.8 Å². The fourth-order valence-corrected chi connectivity index (χ4v) is 6.55. The lowest BCUT2D eigenvalue weighted by Crippen LogP contribution is -2.36. The zero-order valence-corrected chi connectivity index (χ0v) is 19.6. The van der Waals surface area contributed by atoms with Crippen molar-refractivity contribution in [3.05, 3.63) is 35.1 Å². The number of sulfone groups is 1. The molecule has 0 bridgehead atoms. The van der Waals surface area contributed by atoms with Crippen molar-refractivity contribution in [1.82, 2.24) is 25.0 Å². The molecule has 0 aliphatic carbocycles. The predicted octanol–water partition coefficient (Wildman–Crippen LogP) is 2.30. The van der Waals surface area contributed by atoms with Crippen LogP contribution in [0.4, 0.5) is 0 Å². The highest BCUT2D eigenvalue weighted by Gasteiger charge is 2.29. The van der Waals surface area contributed by atoms with E-state index in [1.165, 1.54) is 31.0 Å². The lowest BCUT2D eigenvalue weighted by molar-refractivity contribution is -0.119. The van der Waals surface area contributed by atoms with Crippen LogP contribution >= 0.6 is 23.4 Å². The fourth-order valence-electron chi connectivity index (χ4n) is 3.97. The summed E-state index contributed by atoms with van der Waals surface area (Å²) in [5.41, 5.74) is 0.895. The first-order valence-corrected chi connectivity index (χ1v) is 13.6. The van der Waals surface area contributed by atoms with Crippen LogP contribution in [-0.4, -0.2) is 70.4 Å². The maximum atomic E-state index is 12.4. The number of amides is 1. The van der Waals surface area contributed by atoms with E-state index in [-0.39, 0.29) is 29.2 Å². The number of likely N-dealkylation sites (tertiary alicyclic amines) is 1. The third-order valence-electron chi connectivity index (χ3n) is 5.53. The second-order valence-corrected chi connectivity index (χ2v) is 11.6. The first-order valence-electron chi connectivity index (χ1n) is 10.4. The molecule has 2 aliphatic rings. The Labute approximate surface area is 191 Å². The second-order valence-electron chi connectivity index (χ2n) is 8.00. The number of aromatic nitrogens is 3. The van der Waals surface area contributed by atoms with Crippen LogP contribution in [0, 0.1) is 0 Å². The standard InChI is InChI=1S/C20H26ClN5O3S2/c21-15-4-6-17(7-5-15)26-18(12-25-9-2-1-3-10-25)23-24-20(26)30-13-19(27)22-16-8-11-31(28,29)14-16/h4-7,16H,1-3,8-14H2,(H,22,27). The van der Waals surface area contributed by atoms with Crippen LogP contribution in [0.3, 0.4) is 0 Å². The minimum Gasteiger partial charge on any atom is -0.352 e. The summed E-state index contributed by atoms with van der Waals surface area (Å²) in [5.74, 6) is 0.927. The number of carbonyl (C=O) groups excluding carboxylic acids is 1. The Morgan fingerprint density at radius 2 is 1.90 bits per heavy atom. The molecule has 4 rings (SSSR count). The molecular weight excluding hydrogens is 458 g/mol. The number of rotatable bonds is 7. The fraction of sp³-hybridized carbons (Fsp3) is 0.550. The summed E-state index contributed by atoms with van der Waals surface area (Å²) < 4.78 is 25.2. The molecule has 1 aromatic heterocycles. The van der Waals surface area contributed by atoms with Crippen molar-refractivity contribution in [3.8, 4) is 5.69 Å². The molecular formula is C20H26ClN5O3S2. The van der Waals surface area contributed by atoms with Crippen molar-refractivity contribution in [1.29, 1.82) is 0 Å². The van der Waals surface area contributed by atoms with Crippen molar-refractivity contribution in [3.63, 3.8) is 0 Å². The van der Waals surface area contributed by atoms with Gasteiger partial charge in [-0.2, -0.15) is 0 Å². The van der Waals surface area contributed by atoms with Gasteiger partial charge in [0.1, 0.15) is 0 Å². The van der Waals surface area contributed by atoms with E-state index in [0.29, 0.717) is 23.1 Å². The Morgan fingerprint density at radius 1 is 1.16 bits per heavy atom. The van der Waals surface area contributed by atoms with E-state index < -0.39 is 9.84 Å². The average molecular weight is 484 g/mol. The molecule has 2 aliphatic heterocycles. The number of benzene rings is 1. The number of thioether (sulfide) groups is 1. The summed E-state index contributed by atoms with van der Waals surface area (Å²) in [7, 11) is -3.03. The number of halogens is 1. The van der Waals surface area contributed by atoms with Crippen molar-refractivity contribution in [2.75, 3.05) is 30.3 Å². The van der Waals surface area contributed by atoms with Gasteiger partial charge in [0.15, 0.2) is 20.8 Å². The normalized spacial score (nSPS) is 21.3. The van der Waals surface area contributed by atoms with Crippen LogP contribution in [0.5, 0.6) is 0 Å². The van der Waals surface area contributed by atoms with E-state index in [0.717, 1.165) is 24.6 Å². The highest BCUT2D eigenvalue weighted by molar-refractivity contribution is 7.99. The van der Waals surface area contributed by atoms with Crippen molar-refractivity contribution >= 4 is 39.1 Å². The number of nitrogens with zero attached hydrogens (tertiary/aromatic N) is 4. The van der Waals surface area contributed by atoms with E-state index >= 15 is 0 Å². The summed E-state index contributed by atoms with van der Waals surface area (Å²) in [6.45, 7) is 2.79. The molecule has 3 heterocycles. The van der Waals surface area contributed by atoms with Gasteiger partial charge in [-0.3, -0.25) is 14.3 Å². The number of nitrogens with one attached hydrogen (secondary N) is 1. The number of piperidine rings is 1. The maximum absolute atomic E-state index is 12.4. The Balaban J connectivity index is 1.47. The highest BCUT2D eigenvalue weighted by atomic mass is 35.5. The van der Waals surface area contributed by atoms with Crippen LogP contribution < -0.4 is 5.32 Å². The zero-order chi connectivity index (χ0) is 21.8. The average Bonchev–Trinajstić information content (AvgIpc) is 3.30. The molecule has 31 heavy (non-hydrogen) atoms. The molecule has 1 amide bonds. The van der Waals surface area contributed by atoms with Gasteiger partial charge >= 0.3 is 0 Å². The molecule has 2 fully saturated rings. The molecule has 0 spiro atoms. The second kappa shape index (κ2) is 9.89. The first-order chi connectivity index (χ1) is 14.9. The Hall–Kier alpha value is -1.62. The smallest absolute Gasteiger partial charge is 0.230 e. The van der Waals surface area contributed by atoms with Gasteiger partial charge in [-0.15, -0.1) is 10.2 Å². The molecule has 1 atom stereocenters. The van der Waals surface area contributed by atoms with E-state index in [1.54, 1.807) is 0 Å². The third kappa shape index (κ3) is 6.00. The molecule has 1 unspecified atom stereocenters. The summed E-state index contributed by atoms with van der Waals surface area (Å²) >= 11 is 7.36. The largest absolute Gasteiger partial charge is 0.352 e. The van der Waals surface area contributed by atoms with Gasteiger partial charge in [-0.1, -0.05) is 29.8 Å². The monoisotopic (exact) mass is 483 g/mol. The predicted molar refractivity (Wildman–Crippen MR) is 121 cm³/mol. The Kier molecular flexibility index (Phi) is 7.20. The Bertz CT molecular complexity index is 1020. The van der Waals surface area contributed by atoms with Crippen LogP contribution in [-0.2, 0) is 21.2 Å². The highest BCUT2D eigenvalue weighted by Crippen LogP contribution is 2.25. The molecule has 8 nitrogen and oxygen atoms in total.